The zero-order valence-electron chi connectivity index (χ0n) is 8.36. The van der Waals surface area contributed by atoms with Gasteiger partial charge in [0.1, 0.15) is 16.9 Å². The fourth-order valence-corrected chi connectivity index (χ4v) is 1.83. The van der Waals surface area contributed by atoms with Crippen LogP contribution in [0.5, 0.6) is 5.75 Å². The minimum absolute atomic E-state index is 0.821. The number of hydrogen-bond donors (Lipinski definition) is 0. The highest BCUT2D eigenvalue weighted by molar-refractivity contribution is 6.05. The van der Waals surface area contributed by atoms with Gasteiger partial charge in [-0.05, 0) is 18.2 Å². The summed E-state index contributed by atoms with van der Waals surface area (Å²) in [7, 11) is 1.66. The highest BCUT2D eigenvalue weighted by Gasteiger charge is 2.06. The zero-order chi connectivity index (χ0) is 10.3. The number of ether oxygens (including phenoxy) is 1. The first-order valence-electron chi connectivity index (χ1n) is 4.84. The van der Waals surface area contributed by atoms with E-state index < -0.39 is 0 Å². The van der Waals surface area contributed by atoms with Crippen LogP contribution in [0.1, 0.15) is 0 Å². The molecule has 3 aromatic rings. The Balaban J connectivity index is 2.43. The molecule has 74 valence electrons. The van der Waals surface area contributed by atoms with Crippen molar-refractivity contribution < 1.29 is 9.15 Å². The molecule has 0 aliphatic carbocycles. The van der Waals surface area contributed by atoms with Crippen molar-refractivity contribution in [2.75, 3.05) is 7.11 Å². The van der Waals surface area contributed by atoms with Gasteiger partial charge in [-0.2, -0.15) is 0 Å². The molecule has 0 unspecified atom stereocenters. The number of para-hydroxylation sites is 1. The second kappa shape index (κ2) is 3.02. The molecule has 15 heavy (non-hydrogen) atoms. The summed E-state index contributed by atoms with van der Waals surface area (Å²) in [5, 5.41) is 2.28. The van der Waals surface area contributed by atoms with Gasteiger partial charge in [0.2, 0.25) is 0 Å². The number of benzene rings is 2. The molecule has 2 aromatic carbocycles. The average molecular weight is 198 g/mol. The average Bonchev–Trinajstić information content (AvgIpc) is 2.66. The van der Waals surface area contributed by atoms with Crippen LogP contribution in [0, 0.1) is 0 Å². The van der Waals surface area contributed by atoms with Crippen molar-refractivity contribution in [3.63, 3.8) is 0 Å². The lowest BCUT2D eigenvalue weighted by Gasteiger charge is -1.96. The van der Waals surface area contributed by atoms with Crippen LogP contribution in [0.3, 0.4) is 0 Å². The maximum atomic E-state index is 5.71. The summed E-state index contributed by atoms with van der Waals surface area (Å²) in [5.74, 6) is 0.821. The topological polar surface area (TPSA) is 22.4 Å². The normalized spacial score (nSPS) is 11.0. The second-order valence-corrected chi connectivity index (χ2v) is 3.46. The van der Waals surface area contributed by atoms with Crippen LogP contribution in [-0.2, 0) is 0 Å². The smallest absolute Gasteiger partial charge is 0.139 e. The monoisotopic (exact) mass is 198 g/mol. The number of methoxy groups -OCH3 is 1. The van der Waals surface area contributed by atoms with Crippen molar-refractivity contribution in [3.8, 4) is 5.75 Å². The standard InChI is InChI=1S/C13H10O2/c1-14-9-6-7-11-10-4-2-3-5-12(10)15-13(11)8-9/h2-8H,1H3. The van der Waals surface area contributed by atoms with Crippen molar-refractivity contribution in [3.05, 3.63) is 42.5 Å². The molecule has 0 bridgehead atoms. The lowest BCUT2D eigenvalue weighted by Crippen LogP contribution is -1.80. The zero-order valence-corrected chi connectivity index (χ0v) is 8.36. The van der Waals surface area contributed by atoms with Crippen LogP contribution >= 0.6 is 0 Å². The Kier molecular flexibility index (Phi) is 1.68. The fraction of sp³-hybridized carbons (Fsp3) is 0.0769. The Bertz CT molecular complexity index is 623. The lowest BCUT2D eigenvalue weighted by molar-refractivity contribution is 0.414. The molecule has 0 saturated carbocycles. The largest absolute Gasteiger partial charge is 0.497 e. The maximum absolute atomic E-state index is 5.71. The van der Waals surface area contributed by atoms with Crippen LogP contribution in [-0.4, -0.2) is 7.11 Å². The van der Waals surface area contributed by atoms with Crippen LogP contribution in [0.2, 0.25) is 0 Å². The third kappa shape index (κ3) is 1.18. The molecule has 0 saturated heterocycles. The third-order valence-corrected chi connectivity index (χ3v) is 2.59. The predicted octanol–water partition coefficient (Wildman–Crippen LogP) is 3.59. The predicted molar refractivity (Wildman–Crippen MR) is 60.3 cm³/mol. The summed E-state index contributed by atoms with van der Waals surface area (Å²) in [5.41, 5.74) is 1.79. The highest BCUT2D eigenvalue weighted by Crippen LogP contribution is 2.30. The first-order valence-corrected chi connectivity index (χ1v) is 4.84. The minimum Gasteiger partial charge on any atom is -0.497 e. The van der Waals surface area contributed by atoms with E-state index in [0.29, 0.717) is 0 Å². The molecule has 0 amide bonds. The molecule has 0 fully saturated rings. The van der Waals surface area contributed by atoms with Crippen LogP contribution in [0.4, 0.5) is 0 Å². The molecule has 2 heteroatoms. The second-order valence-electron chi connectivity index (χ2n) is 3.46. The summed E-state index contributed by atoms with van der Waals surface area (Å²) in [6, 6.07) is 13.9. The van der Waals surface area contributed by atoms with Gasteiger partial charge in [-0.1, -0.05) is 18.2 Å². The Labute approximate surface area is 87.1 Å². The fourth-order valence-electron chi connectivity index (χ4n) is 1.83. The van der Waals surface area contributed by atoms with Gasteiger partial charge in [0, 0.05) is 16.8 Å². The van der Waals surface area contributed by atoms with Crippen molar-refractivity contribution >= 4 is 21.9 Å². The molecule has 0 aliphatic rings. The van der Waals surface area contributed by atoms with Gasteiger partial charge < -0.3 is 9.15 Å². The number of furan rings is 1. The van der Waals surface area contributed by atoms with E-state index in [9.17, 15) is 0 Å². The van der Waals surface area contributed by atoms with E-state index in [1.807, 2.05) is 36.4 Å². The van der Waals surface area contributed by atoms with E-state index in [2.05, 4.69) is 6.07 Å². The third-order valence-electron chi connectivity index (χ3n) is 2.59. The highest BCUT2D eigenvalue weighted by atomic mass is 16.5. The molecule has 0 N–H and O–H groups in total. The van der Waals surface area contributed by atoms with E-state index in [0.717, 1.165) is 27.7 Å². The van der Waals surface area contributed by atoms with E-state index >= 15 is 0 Å². The van der Waals surface area contributed by atoms with Gasteiger partial charge in [0.15, 0.2) is 0 Å². The molecule has 0 spiro atoms. The maximum Gasteiger partial charge on any atom is 0.139 e. The summed E-state index contributed by atoms with van der Waals surface area (Å²) >= 11 is 0. The van der Waals surface area contributed by atoms with Gasteiger partial charge in [0.25, 0.3) is 0 Å². The Morgan fingerprint density at radius 3 is 2.60 bits per heavy atom. The molecule has 0 atom stereocenters. The molecular formula is C13H10O2. The van der Waals surface area contributed by atoms with Crippen LogP contribution < -0.4 is 4.74 Å². The summed E-state index contributed by atoms with van der Waals surface area (Å²) in [4.78, 5) is 0. The first kappa shape index (κ1) is 8.36. The number of hydrogen-bond acceptors (Lipinski definition) is 2. The van der Waals surface area contributed by atoms with Gasteiger partial charge in [0.05, 0.1) is 7.11 Å². The summed E-state index contributed by atoms with van der Waals surface area (Å²) < 4.78 is 10.9. The summed E-state index contributed by atoms with van der Waals surface area (Å²) in [6.07, 6.45) is 0. The van der Waals surface area contributed by atoms with Crippen molar-refractivity contribution in [1.82, 2.24) is 0 Å². The SMILES string of the molecule is COc1ccc2c(c1)oc1ccccc12. The molecule has 0 radical (unpaired) electrons. The Morgan fingerprint density at radius 2 is 1.73 bits per heavy atom. The minimum atomic E-state index is 0.821. The lowest BCUT2D eigenvalue weighted by atomic mass is 10.1. The molecule has 2 nitrogen and oxygen atoms in total. The van der Waals surface area contributed by atoms with Crippen molar-refractivity contribution in [1.29, 1.82) is 0 Å². The van der Waals surface area contributed by atoms with Gasteiger partial charge in [-0.15, -0.1) is 0 Å². The van der Waals surface area contributed by atoms with Crippen molar-refractivity contribution in [2.24, 2.45) is 0 Å². The van der Waals surface area contributed by atoms with Gasteiger partial charge >= 0.3 is 0 Å². The number of fused-ring (bicyclic) bond motifs is 3. The molecule has 1 heterocycles. The van der Waals surface area contributed by atoms with Crippen LogP contribution in [0.15, 0.2) is 46.9 Å². The quantitative estimate of drug-likeness (QED) is 0.596. The Morgan fingerprint density at radius 1 is 0.933 bits per heavy atom. The first-order chi connectivity index (χ1) is 7.38. The Hall–Kier alpha value is -1.96. The van der Waals surface area contributed by atoms with E-state index in [4.69, 9.17) is 9.15 Å². The summed E-state index contributed by atoms with van der Waals surface area (Å²) in [6.45, 7) is 0. The van der Waals surface area contributed by atoms with Gasteiger partial charge in [-0.3, -0.25) is 0 Å². The molecular weight excluding hydrogens is 188 g/mol. The van der Waals surface area contributed by atoms with Gasteiger partial charge in [-0.25, -0.2) is 0 Å². The van der Waals surface area contributed by atoms with Crippen molar-refractivity contribution in [2.45, 2.75) is 0 Å². The van der Waals surface area contributed by atoms with Crippen LogP contribution in [0.25, 0.3) is 21.9 Å². The molecule has 1 aromatic heterocycles. The van der Waals surface area contributed by atoms with E-state index in [1.165, 1.54) is 0 Å². The molecule has 3 rings (SSSR count). The number of rotatable bonds is 1. The van der Waals surface area contributed by atoms with E-state index in [1.54, 1.807) is 7.11 Å². The van der Waals surface area contributed by atoms with E-state index in [-0.39, 0.29) is 0 Å². The molecule has 0 aliphatic heterocycles.